The molecule has 0 aromatic rings. The average molecular weight is 351 g/mol. The maximum Gasteiger partial charge on any atom is -0.0414 e. The number of unbranched alkanes of at least 4 members (excludes halogenated alkanes) is 10. The average Bonchev–Trinajstić information content (AvgIpc) is 2.61. The molecule has 1 fully saturated rings. The van der Waals surface area contributed by atoms with Gasteiger partial charge in [-0.25, -0.2) is 0 Å². The molecule has 1 aliphatic carbocycles. The maximum atomic E-state index is 2.31. The minimum atomic E-state index is 1.07. The van der Waals surface area contributed by atoms with Gasteiger partial charge in [-0.2, -0.15) is 0 Å². The van der Waals surface area contributed by atoms with Gasteiger partial charge >= 0.3 is 0 Å². The molecule has 0 aromatic heterocycles. The van der Waals surface area contributed by atoms with E-state index in [0.717, 1.165) is 5.92 Å². The van der Waals surface area contributed by atoms with Gasteiger partial charge in [0.2, 0.25) is 0 Å². The molecule has 1 saturated carbocycles. The van der Waals surface area contributed by atoms with Crippen molar-refractivity contribution in [1.82, 2.24) is 0 Å². The van der Waals surface area contributed by atoms with Crippen LogP contribution in [0, 0.1) is 5.92 Å². The van der Waals surface area contributed by atoms with Crippen molar-refractivity contribution in [3.63, 3.8) is 0 Å². The Morgan fingerprint density at radius 3 is 1.24 bits per heavy atom. The summed E-state index contributed by atoms with van der Waals surface area (Å²) in [6.45, 7) is 2.31. The van der Waals surface area contributed by atoms with Crippen molar-refractivity contribution in [3.05, 3.63) is 0 Å². The number of hydrogen-bond acceptors (Lipinski definition) is 0. The molecule has 1 aliphatic rings. The molecule has 0 heterocycles. The van der Waals surface area contributed by atoms with Crippen LogP contribution < -0.4 is 0 Å². The Morgan fingerprint density at radius 2 is 0.800 bits per heavy atom. The van der Waals surface area contributed by atoms with E-state index in [-0.39, 0.29) is 0 Å². The summed E-state index contributed by atoms with van der Waals surface area (Å²) in [6.07, 6.45) is 34.5. The third-order valence-electron chi connectivity index (χ3n) is 6.44. The van der Waals surface area contributed by atoms with Crippen molar-refractivity contribution in [2.75, 3.05) is 0 Å². The van der Waals surface area contributed by atoms with Gasteiger partial charge in [-0.05, 0) is 5.92 Å². The van der Waals surface area contributed by atoms with Gasteiger partial charge in [-0.15, -0.1) is 0 Å². The molecular formula is C25H50. The largest absolute Gasteiger partial charge is 0.0654 e. The van der Waals surface area contributed by atoms with E-state index in [4.69, 9.17) is 0 Å². The summed E-state index contributed by atoms with van der Waals surface area (Å²) in [6, 6.07) is 0. The van der Waals surface area contributed by atoms with Crippen LogP contribution in [0.15, 0.2) is 0 Å². The van der Waals surface area contributed by atoms with E-state index in [2.05, 4.69) is 6.92 Å². The van der Waals surface area contributed by atoms with Crippen LogP contribution in [0.1, 0.15) is 155 Å². The normalized spacial score (nSPS) is 18.6. The quantitative estimate of drug-likeness (QED) is 0.307. The molecule has 150 valence electrons. The highest BCUT2D eigenvalue weighted by Gasteiger charge is 2.09. The third kappa shape index (κ3) is 15.9. The van der Waals surface area contributed by atoms with Gasteiger partial charge in [0.1, 0.15) is 0 Å². The third-order valence-corrected chi connectivity index (χ3v) is 6.44. The van der Waals surface area contributed by atoms with E-state index < -0.39 is 0 Å². The van der Waals surface area contributed by atoms with Crippen molar-refractivity contribution < 1.29 is 0 Å². The lowest BCUT2D eigenvalue weighted by molar-refractivity contribution is 0.360. The van der Waals surface area contributed by atoms with Crippen molar-refractivity contribution >= 4 is 0 Å². The molecule has 0 N–H and O–H groups in total. The smallest absolute Gasteiger partial charge is 0.0414 e. The van der Waals surface area contributed by atoms with Crippen LogP contribution in [0.2, 0.25) is 0 Å². The second-order valence-corrected chi connectivity index (χ2v) is 8.95. The van der Waals surface area contributed by atoms with Crippen molar-refractivity contribution in [2.45, 2.75) is 155 Å². The van der Waals surface area contributed by atoms with Gasteiger partial charge in [0, 0.05) is 0 Å². The summed E-state index contributed by atoms with van der Waals surface area (Å²) >= 11 is 0. The lowest BCUT2D eigenvalue weighted by atomic mass is 9.89. The summed E-state index contributed by atoms with van der Waals surface area (Å²) in [5.41, 5.74) is 0. The van der Waals surface area contributed by atoms with Crippen LogP contribution >= 0.6 is 0 Å². The molecule has 0 unspecified atom stereocenters. The molecular weight excluding hydrogens is 300 g/mol. The lowest BCUT2D eigenvalue weighted by Gasteiger charge is -2.17. The van der Waals surface area contributed by atoms with E-state index in [0.29, 0.717) is 0 Å². The number of hydrogen-bond donors (Lipinski definition) is 0. The predicted molar refractivity (Wildman–Crippen MR) is 115 cm³/mol. The van der Waals surface area contributed by atoms with Crippen LogP contribution in [0.25, 0.3) is 0 Å². The highest BCUT2D eigenvalue weighted by atomic mass is 14.1. The Morgan fingerprint density at radius 1 is 0.440 bits per heavy atom. The van der Waals surface area contributed by atoms with E-state index in [1.54, 1.807) is 0 Å². The minimum absolute atomic E-state index is 1.07. The predicted octanol–water partition coefficient (Wildman–Crippen LogP) is 9.61. The fraction of sp³-hybridized carbons (Fsp3) is 1.00. The van der Waals surface area contributed by atoms with Gasteiger partial charge in [0.05, 0.1) is 0 Å². The summed E-state index contributed by atoms with van der Waals surface area (Å²) in [5, 5.41) is 0. The van der Waals surface area contributed by atoms with E-state index in [1.807, 2.05) is 0 Å². The second kappa shape index (κ2) is 18.8. The van der Waals surface area contributed by atoms with Gasteiger partial charge in [0.15, 0.2) is 0 Å². The van der Waals surface area contributed by atoms with Gasteiger partial charge in [-0.1, -0.05) is 155 Å². The zero-order valence-corrected chi connectivity index (χ0v) is 17.8. The molecule has 0 nitrogen and oxygen atoms in total. The first-order valence-corrected chi connectivity index (χ1v) is 12.4. The molecule has 0 saturated heterocycles. The highest BCUT2D eigenvalue weighted by Crippen LogP contribution is 2.25. The Bertz CT molecular complexity index is 232. The number of rotatable bonds is 12. The first kappa shape index (κ1) is 23.0. The van der Waals surface area contributed by atoms with E-state index in [1.165, 1.54) is 148 Å². The van der Waals surface area contributed by atoms with Crippen LogP contribution in [0.3, 0.4) is 0 Å². The van der Waals surface area contributed by atoms with Crippen molar-refractivity contribution in [3.8, 4) is 0 Å². The molecule has 0 amide bonds. The fourth-order valence-electron chi connectivity index (χ4n) is 4.63. The molecule has 1 rings (SSSR count). The summed E-state index contributed by atoms with van der Waals surface area (Å²) in [7, 11) is 0. The summed E-state index contributed by atoms with van der Waals surface area (Å²) < 4.78 is 0. The van der Waals surface area contributed by atoms with Crippen molar-refractivity contribution in [2.24, 2.45) is 5.92 Å². The Balaban J connectivity index is 1.93. The second-order valence-electron chi connectivity index (χ2n) is 8.95. The first-order valence-electron chi connectivity index (χ1n) is 12.4. The molecule has 0 spiro atoms. The Hall–Kier alpha value is 0. The topological polar surface area (TPSA) is 0 Å². The maximum absolute atomic E-state index is 2.31. The zero-order valence-electron chi connectivity index (χ0n) is 17.8. The minimum Gasteiger partial charge on any atom is -0.0654 e. The Kier molecular flexibility index (Phi) is 17.3. The fourth-order valence-corrected chi connectivity index (χ4v) is 4.63. The monoisotopic (exact) mass is 350 g/mol. The van der Waals surface area contributed by atoms with Crippen LogP contribution in [0.4, 0.5) is 0 Å². The first-order chi connectivity index (χ1) is 12.4. The van der Waals surface area contributed by atoms with E-state index >= 15 is 0 Å². The zero-order chi connectivity index (χ0) is 17.8. The van der Waals surface area contributed by atoms with Gasteiger partial charge < -0.3 is 0 Å². The van der Waals surface area contributed by atoms with Crippen LogP contribution in [0.5, 0.6) is 0 Å². The van der Waals surface area contributed by atoms with Gasteiger partial charge in [-0.3, -0.25) is 0 Å². The molecule has 0 radical (unpaired) electrons. The van der Waals surface area contributed by atoms with Crippen LogP contribution in [-0.4, -0.2) is 0 Å². The summed E-state index contributed by atoms with van der Waals surface area (Å²) in [4.78, 5) is 0. The molecule has 0 aliphatic heterocycles. The summed E-state index contributed by atoms with van der Waals surface area (Å²) in [5.74, 6) is 1.07. The SMILES string of the molecule is CCCCCCCCCCCCCC1CCCCCCCCCCC1. The lowest BCUT2D eigenvalue weighted by Crippen LogP contribution is -2.02. The highest BCUT2D eigenvalue weighted by molar-refractivity contribution is 4.63. The van der Waals surface area contributed by atoms with Gasteiger partial charge in [0.25, 0.3) is 0 Å². The van der Waals surface area contributed by atoms with E-state index in [9.17, 15) is 0 Å². The van der Waals surface area contributed by atoms with Crippen LogP contribution in [-0.2, 0) is 0 Å². The molecule has 0 atom stereocenters. The molecule has 25 heavy (non-hydrogen) atoms. The Labute approximate surface area is 160 Å². The molecule has 0 heteroatoms. The van der Waals surface area contributed by atoms with Crippen molar-refractivity contribution in [1.29, 1.82) is 0 Å². The molecule has 0 bridgehead atoms. The standard InChI is InChI=1S/C25H50/c1-2-3-4-5-6-7-8-10-13-16-19-22-25-23-20-17-14-11-9-12-15-18-21-24-25/h25H,2-24H2,1H3. The molecule has 0 aromatic carbocycles.